The molecule has 138 valence electrons. The monoisotopic (exact) mass is 387 g/mol. The van der Waals surface area contributed by atoms with E-state index >= 15 is 0 Å². The van der Waals surface area contributed by atoms with Crippen molar-refractivity contribution in [2.75, 3.05) is 11.9 Å². The van der Waals surface area contributed by atoms with Crippen LogP contribution in [0.5, 0.6) is 0 Å². The van der Waals surface area contributed by atoms with Crippen molar-refractivity contribution < 1.29 is 23.1 Å². The molecule has 0 aromatic heterocycles. The summed E-state index contributed by atoms with van der Waals surface area (Å²) < 4.78 is 30.1. The molecule has 0 heterocycles. The minimum atomic E-state index is -2.66. The Hall–Kier alpha value is -2.93. The predicted octanol–water partition coefficient (Wildman–Crippen LogP) is 4.95. The third-order valence-electron chi connectivity index (χ3n) is 3.69. The Morgan fingerprint density at radius 2 is 1.67 bits per heavy atom. The van der Waals surface area contributed by atoms with E-state index in [0.717, 1.165) is 10.8 Å². The lowest BCUT2D eigenvalue weighted by Crippen LogP contribution is -2.21. The van der Waals surface area contributed by atoms with E-state index in [1.165, 1.54) is 12.1 Å². The Morgan fingerprint density at radius 1 is 0.963 bits per heavy atom. The van der Waals surface area contributed by atoms with Crippen LogP contribution in [0.15, 0.2) is 71.6 Å². The van der Waals surface area contributed by atoms with Gasteiger partial charge in [-0.3, -0.25) is 4.79 Å². The highest BCUT2D eigenvalue weighted by Crippen LogP contribution is 2.28. The molecule has 0 unspecified atom stereocenters. The fourth-order valence-electron chi connectivity index (χ4n) is 2.51. The van der Waals surface area contributed by atoms with Crippen molar-refractivity contribution in [3.05, 3.63) is 72.3 Å². The predicted molar refractivity (Wildman–Crippen MR) is 101 cm³/mol. The highest BCUT2D eigenvalue weighted by atomic mass is 32.2. The Morgan fingerprint density at radius 3 is 2.44 bits per heavy atom. The summed E-state index contributed by atoms with van der Waals surface area (Å²) in [6.45, 7) is -0.515. The number of hydrogen-bond acceptors (Lipinski definition) is 4. The zero-order valence-corrected chi connectivity index (χ0v) is 14.8. The zero-order chi connectivity index (χ0) is 19.2. The van der Waals surface area contributed by atoms with Crippen LogP contribution in [0, 0.1) is 0 Å². The summed E-state index contributed by atoms with van der Waals surface area (Å²) in [6, 6.07) is 19.0. The van der Waals surface area contributed by atoms with Crippen LogP contribution in [0.4, 0.5) is 14.5 Å². The molecule has 0 bridgehead atoms. The van der Waals surface area contributed by atoms with Crippen molar-refractivity contribution in [2.24, 2.45) is 0 Å². The largest absolute Gasteiger partial charge is 0.452 e. The van der Waals surface area contributed by atoms with Crippen LogP contribution in [0.2, 0.25) is 0 Å². The molecule has 3 rings (SSSR count). The molecule has 0 radical (unpaired) electrons. The van der Waals surface area contributed by atoms with Crippen LogP contribution >= 0.6 is 11.8 Å². The average molecular weight is 387 g/mol. The van der Waals surface area contributed by atoms with E-state index in [2.05, 4.69) is 5.32 Å². The van der Waals surface area contributed by atoms with Gasteiger partial charge in [-0.25, -0.2) is 4.79 Å². The second kappa shape index (κ2) is 8.64. The van der Waals surface area contributed by atoms with Crippen molar-refractivity contribution in [2.45, 2.75) is 10.7 Å². The van der Waals surface area contributed by atoms with E-state index in [9.17, 15) is 18.4 Å². The summed E-state index contributed by atoms with van der Waals surface area (Å²) in [5, 5.41) is 4.65. The number of alkyl halides is 2. The maximum Gasteiger partial charge on any atom is 0.339 e. The van der Waals surface area contributed by atoms with Crippen molar-refractivity contribution in [3.63, 3.8) is 0 Å². The van der Waals surface area contributed by atoms with Gasteiger partial charge in [0.2, 0.25) is 0 Å². The molecule has 4 nitrogen and oxygen atoms in total. The number of rotatable bonds is 6. The van der Waals surface area contributed by atoms with E-state index in [0.29, 0.717) is 5.69 Å². The standard InChI is InChI=1S/C20H15F2NO3S/c21-20(22)27-17-8-4-3-7-16(17)19(25)26-12-18(24)23-15-10-9-13-5-1-2-6-14(13)11-15/h1-11,20H,12H2,(H,23,24). The Labute approximate surface area is 158 Å². The van der Waals surface area contributed by atoms with Gasteiger partial charge in [-0.15, -0.1) is 0 Å². The smallest absolute Gasteiger partial charge is 0.339 e. The molecule has 0 aliphatic rings. The SMILES string of the molecule is O=C(COC(=O)c1ccccc1SC(F)F)Nc1ccc2ccccc2c1. The number of hydrogen-bond donors (Lipinski definition) is 1. The number of carbonyl (C=O) groups is 2. The van der Waals surface area contributed by atoms with Crippen molar-refractivity contribution >= 4 is 40.1 Å². The molecule has 1 amide bonds. The number of ether oxygens (including phenoxy) is 1. The van der Waals surface area contributed by atoms with Gasteiger partial charge in [0.05, 0.1) is 5.56 Å². The van der Waals surface area contributed by atoms with Gasteiger partial charge < -0.3 is 10.1 Å². The number of nitrogens with one attached hydrogen (secondary N) is 1. The molecule has 7 heteroatoms. The van der Waals surface area contributed by atoms with Gasteiger partial charge in [-0.1, -0.05) is 54.2 Å². The average Bonchev–Trinajstić information content (AvgIpc) is 2.66. The maximum absolute atomic E-state index is 12.6. The fraction of sp³-hybridized carbons (Fsp3) is 0.100. The molecular formula is C20H15F2NO3S. The van der Waals surface area contributed by atoms with Gasteiger partial charge in [0, 0.05) is 10.6 Å². The normalized spacial score (nSPS) is 10.8. The molecule has 0 saturated carbocycles. The second-order valence-electron chi connectivity index (χ2n) is 5.56. The first-order chi connectivity index (χ1) is 13.0. The van der Waals surface area contributed by atoms with Crippen LogP contribution in [0.1, 0.15) is 10.4 Å². The topological polar surface area (TPSA) is 55.4 Å². The fourth-order valence-corrected chi connectivity index (χ4v) is 3.13. The lowest BCUT2D eigenvalue weighted by atomic mass is 10.1. The molecule has 3 aromatic rings. The van der Waals surface area contributed by atoms with E-state index < -0.39 is 24.2 Å². The number of amides is 1. The number of halogens is 2. The third-order valence-corrected chi connectivity index (χ3v) is 4.48. The highest BCUT2D eigenvalue weighted by Gasteiger charge is 2.17. The molecule has 1 N–H and O–H groups in total. The van der Waals surface area contributed by atoms with E-state index in [1.807, 2.05) is 36.4 Å². The molecule has 3 aromatic carbocycles. The molecule has 0 atom stereocenters. The minimum absolute atomic E-state index is 0.00121. The molecule has 27 heavy (non-hydrogen) atoms. The number of esters is 1. The Balaban J connectivity index is 1.61. The van der Waals surface area contributed by atoms with Gasteiger partial charge in [-0.2, -0.15) is 8.78 Å². The number of carbonyl (C=O) groups excluding carboxylic acids is 2. The number of fused-ring (bicyclic) bond motifs is 1. The van der Waals surface area contributed by atoms with E-state index in [4.69, 9.17) is 4.74 Å². The molecular weight excluding hydrogens is 372 g/mol. The van der Waals surface area contributed by atoms with Crippen LogP contribution < -0.4 is 5.32 Å². The minimum Gasteiger partial charge on any atom is -0.452 e. The number of thioether (sulfide) groups is 1. The molecule has 0 aliphatic heterocycles. The van der Waals surface area contributed by atoms with Gasteiger partial charge in [0.15, 0.2) is 6.61 Å². The van der Waals surface area contributed by atoms with E-state index in [1.54, 1.807) is 18.2 Å². The first kappa shape index (κ1) is 18.8. The van der Waals surface area contributed by atoms with E-state index in [-0.39, 0.29) is 22.2 Å². The van der Waals surface area contributed by atoms with Gasteiger partial charge >= 0.3 is 5.97 Å². The first-order valence-electron chi connectivity index (χ1n) is 8.02. The zero-order valence-electron chi connectivity index (χ0n) is 14.0. The van der Waals surface area contributed by atoms with Crippen molar-refractivity contribution in [1.29, 1.82) is 0 Å². The molecule has 0 aliphatic carbocycles. The van der Waals surface area contributed by atoms with Crippen LogP contribution in [0.25, 0.3) is 10.8 Å². The summed E-state index contributed by atoms with van der Waals surface area (Å²) in [4.78, 5) is 24.3. The lowest BCUT2D eigenvalue weighted by Gasteiger charge is -2.10. The first-order valence-corrected chi connectivity index (χ1v) is 8.90. The third kappa shape index (κ3) is 5.04. The Kier molecular flexibility index (Phi) is 6.03. The second-order valence-corrected chi connectivity index (χ2v) is 6.59. The van der Waals surface area contributed by atoms with Crippen LogP contribution in [-0.2, 0) is 9.53 Å². The summed E-state index contributed by atoms with van der Waals surface area (Å²) in [5.74, 6) is -4.00. The lowest BCUT2D eigenvalue weighted by molar-refractivity contribution is -0.119. The molecule has 0 saturated heterocycles. The Bertz CT molecular complexity index is 978. The van der Waals surface area contributed by atoms with Gasteiger partial charge in [0.25, 0.3) is 11.7 Å². The maximum atomic E-state index is 12.6. The van der Waals surface area contributed by atoms with Gasteiger partial charge in [0.1, 0.15) is 0 Å². The van der Waals surface area contributed by atoms with Crippen molar-refractivity contribution in [3.8, 4) is 0 Å². The molecule has 0 spiro atoms. The quantitative estimate of drug-likeness (QED) is 0.480. The molecule has 0 fully saturated rings. The number of anilines is 1. The summed E-state index contributed by atoms with van der Waals surface area (Å²) in [5.41, 5.74) is 0.574. The van der Waals surface area contributed by atoms with Gasteiger partial charge in [-0.05, 0) is 35.0 Å². The number of benzene rings is 3. The van der Waals surface area contributed by atoms with Crippen molar-refractivity contribution in [1.82, 2.24) is 0 Å². The summed E-state index contributed by atoms with van der Waals surface area (Å²) in [7, 11) is 0. The summed E-state index contributed by atoms with van der Waals surface area (Å²) >= 11 is 0.257. The highest BCUT2D eigenvalue weighted by molar-refractivity contribution is 7.99. The van der Waals surface area contributed by atoms with Crippen LogP contribution in [0.3, 0.4) is 0 Å². The summed E-state index contributed by atoms with van der Waals surface area (Å²) in [6.07, 6.45) is 0. The van der Waals surface area contributed by atoms with Crippen LogP contribution in [-0.4, -0.2) is 24.2 Å².